The van der Waals surface area contributed by atoms with Crippen LogP contribution in [0.2, 0.25) is 0 Å². The van der Waals surface area contributed by atoms with Crippen LogP contribution in [-0.4, -0.2) is 88.3 Å². The number of piperazine rings is 1. The van der Waals surface area contributed by atoms with E-state index in [0.717, 1.165) is 77.3 Å². The van der Waals surface area contributed by atoms with E-state index in [1.165, 1.54) is 28.1 Å². The van der Waals surface area contributed by atoms with Crippen LogP contribution in [0.1, 0.15) is 33.5 Å². The topological polar surface area (TPSA) is 39.3 Å². The number of carbonyl (C=O) groups excluding carboxylic acids is 1. The molecule has 5 rings (SSSR count). The number of hydrogen-bond donors (Lipinski definition) is 0. The highest BCUT2D eigenvalue weighted by Crippen LogP contribution is 2.35. The number of aryl methyl sites for hydroxylation is 1. The van der Waals surface area contributed by atoms with E-state index >= 15 is 0 Å². The molecule has 6 heteroatoms. The predicted molar refractivity (Wildman–Crippen MR) is 138 cm³/mol. The van der Waals surface area contributed by atoms with Crippen LogP contribution < -0.4 is 9.80 Å². The van der Waals surface area contributed by atoms with Gasteiger partial charge in [-0.2, -0.15) is 0 Å². The lowest BCUT2D eigenvalue weighted by molar-refractivity contribution is 0.0719. The van der Waals surface area contributed by atoms with Crippen molar-refractivity contribution in [3.05, 3.63) is 58.7 Å². The molecule has 1 atom stereocenters. The fourth-order valence-corrected chi connectivity index (χ4v) is 5.70. The van der Waals surface area contributed by atoms with Gasteiger partial charge in [-0.05, 0) is 80.3 Å². The van der Waals surface area contributed by atoms with E-state index in [1.807, 2.05) is 24.1 Å². The zero-order valence-corrected chi connectivity index (χ0v) is 20.9. The van der Waals surface area contributed by atoms with Crippen molar-refractivity contribution in [2.75, 3.05) is 76.4 Å². The minimum atomic E-state index is 0.121. The number of anilines is 2. The van der Waals surface area contributed by atoms with Crippen LogP contribution in [0.5, 0.6) is 0 Å². The van der Waals surface area contributed by atoms with Gasteiger partial charge in [0, 0.05) is 69.3 Å². The lowest BCUT2D eigenvalue weighted by Gasteiger charge is -2.39. The molecule has 34 heavy (non-hydrogen) atoms. The van der Waals surface area contributed by atoms with Gasteiger partial charge < -0.3 is 24.3 Å². The minimum Gasteiger partial charge on any atom is -0.378 e. The molecule has 2 saturated heterocycles. The molecule has 6 nitrogen and oxygen atoms in total. The summed E-state index contributed by atoms with van der Waals surface area (Å²) in [5, 5.41) is 0. The number of hydrogen-bond acceptors (Lipinski definition) is 5. The summed E-state index contributed by atoms with van der Waals surface area (Å²) in [4.78, 5) is 22.7. The van der Waals surface area contributed by atoms with E-state index < -0.39 is 0 Å². The third-order valence-corrected chi connectivity index (χ3v) is 8.01. The van der Waals surface area contributed by atoms with Gasteiger partial charge in [0.05, 0.1) is 13.2 Å². The highest BCUT2D eigenvalue weighted by molar-refractivity contribution is 5.94. The van der Waals surface area contributed by atoms with Gasteiger partial charge >= 0.3 is 0 Å². The van der Waals surface area contributed by atoms with E-state index in [4.69, 9.17) is 4.74 Å². The van der Waals surface area contributed by atoms with Crippen molar-refractivity contribution >= 4 is 17.3 Å². The highest BCUT2D eigenvalue weighted by Gasteiger charge is 2.30. The Bertz CT molecular complexity index is 1010. The Morgan fingerprint density at radius 3 is 2.32 bits per heavy atom. The SMILES string of the molecule is Cc1ccc(N2CCN(C)CC2)c2c1CC[C@@H](N(C)C(=O)c1ccc(N3CCOCC3)cc1)C2. The number of ether oxygens (including phenoxy) is 1. The van der Waals surface area contributed by atoms with Gasteiger partial charge in [-0.15, -0.1) is 0 Å². The number of benzene rings is 2. The van der Waals surface area contributed by atoms with Gasteiger partial charge in [0.25, 0.3) is 5.91 Å². The molecule has 0 radical (unpaired) electrons. The summed E-state index contributed by atoms with van der Waals surface area (Å²) in [5.41, 5.74) is 7.68. The monoisotopic (exact) mass is 462 g/mol. The first-order valence-corrected chi connectivity index (χ1v) is 12.8. The van der Waals surface area contributed by atoms with Crippen molar-refractivity contribution in [3.63, 3.8) is 0 Å². The van der Waals surface area contributed by atoms with E-state index in [9.17, 15) is 4.79 Å². The van der Waals surface area contributed by atoms with E-state index in [2.05, 4.69) is 52.9 Å². The van der Waals surface area contributed by atoms with E-state index in [-0.39, 0.29) is 11.9 Å². The third kappa shape index (κ3) is 4.66. The molecule has 0 N–H and O–H groups in total. The van der Waals surface area contributed by atoms with E-state index in [0.29, 0.717) is 0 Å². The largest absolute Gasteiger partial charge is 0.378 e. The average Bonchev–Trinajstić information content (AvgIpc) is 2.89. The van der Waals surface area contributed by atoms with Crippen molar-refractivity contribution in [3.8, 4) is 0 Å². The minimum absolute atomic E-state index is 0.121. The molecule has 0 aromatic heterocycles. The Kier molecular flexibility index (Phi) is 6.79. The molecular weight excluding hydrogens is 424 g/mol. The van der Waals surface area contributed by atoms with Crippen LogP contribution in [0.3, 0.4) is 0 Å². The average molecular weight is 463 g/mol. The number of likely N-dealkylation sites (N-methyl/N-ethyl adjacent to an activating group) is 2. The van der Waals surface area contributed by atoms with Crippen LogP contribution in [0.15, 0.2) is 36.4 Å². The van der Waals surface area contributed by atoms with Gasteiger partial charge in [-0.1, -0.05) is 6.07 Å². The summed E-state index contributed by atoms with van der Waals surface area (Å²) in [5.74, 6) is 0.121. The zero-order chi connectivity index (χ0) is 23.7. The number of fused-ring (bicyclic) bond motifs is 1. The molecule has 1 aliphatic carbocycles. The number of morpholine rings is 1. The van der Waals surface area contributed by atoms with Gasteiger partial charge in [0.2, 0.25) is 0 Å². The maximum atomic E-state index is 13.4. The first-order chi connectivity index (χ1) is 16.5. The standard InChI is InChI=1S/C28H38N4O2/c1-21-4-11-27(32-14-12-29(2)13-15-32)26-20-24(9-10-25(21)26)30(3)28(33)22-5-7-23(8-6-22)31-16-18-34-19-17-31/h4-8,11,24H,9-10,12-20H2,1-3H3/t24-/m1/s1. The highest BCUT2D eigenvalue weighted by atomic mass is 16.5. The molecule has 3 aliphatic rings. The van der Waals surface area contributed by atoms with Crippen LogP contribution >= 0.6 is 0 Å². The quantitative estimate of drug-likeness (QED) is 0.698. The smallest absolute Gasteiger partial charge is 0.253 e. The van der Waals surface area contributed by atoms with Crippen molar-refractivity contribution in [2.45, 2.75) is 32.2 Å². The van der Waals surface area contributed by atoms with Crippen molar-refractivity contribution in [2.24, 2.45) is 0 Å². The summed E-state index contributed by atoms with van der Waals surface area (Å²) in [6, 6.07) is 13.0. The van der Waals surface area contributed by atoms with Crippen LogP contribution in [-0.2, 0) is 17.6 Å². The second-order valence-corrected chi connectivity index (χ2v) is 10.1. The molecule has 2 aromatic carbocycles. The molecule has 2 aromatic rings. The summed E-state index contributed by atoms with van der Waals surface area (Å²) in [7, 11) is 4.19. The second-order valence-electron chi connectivity index (χ2n) is 10.1. The lowest BCUT2D eigenvalue weighted by atomic mass is 9.83. The predicted octanol–water partition coefficient (Wildman–Crippen LogP) is 3.21. The van der Waals surface area contributed by atoms with Crippen molar-refractivity contribution in [1.82, 2.24) is 9.80 Å². The number of carbonyl (C=O) groups is 1. The van der Waals surface area contributed by atoms with Gasteiger partial charge in [0.15, 0.2) is 0 Å². The molecule has 2 fully saturated rings. The Morgan fingerprint density at radius 2 is 1.62 bits per heavy atom. The van der Waals surface area contributed by atoms with Crippen LogP contribution in [0.25, 0.3) is 0 Å². The van der Waals surface area contributed by atoms with Crippen LogP contribution in [0.4, 0.5) is 11.4 Å². The molecule has 0 unspecified atom stereocenters. The normalized spacial score (nSPS) is 21.3. The van der Waals surface area contributed by atoms with Crippen molar-refractivity contribution in [1.29, 1.82) is 0 Å². The van der Waals surface area contributed by atoms with Gasteiger partial charge in [-0.25, -0.2) is 0 Å². The number of nitrogens with zero attached hydrogens (tertiary/aromatic N) is 4. The Hall–Kier alpha value is -2.57. The van der Waals surface area contributed by atoms with Gasteiger partial charge in [-0.3, -0.25) is 4.79 Å². The maximum absolute atomic E-state index is 13.4. The Morgan fingerprint density at radius 1 is 0.912 bits per heavy atom. The Labute approximate surface area is 204 Å². The first kappa shape index (κ1) is 23.2. The molecular formula is C28H38N4O2. The summed E-state index contributed by atoms with van der Waals surface area (Å²) >= 11 is 0. The molecule has 0 spiro atoms. The second kappa shape index (κ2) is 9.96. The molecule has 0 bridgehead atoms. The molecule has 1 amide bonds. The molecule has 0 saturated carbocycles. The molecule has 2 aliphatic heterocycles. The van der Waals surface area contributed by atoms with E-state index in [1.54, 1.807) is 0 Å². The summed E-state index contributed by atoms with van der Waals surface area (Å²) < 4.78 is 5.46. The fraction of sp³-hybridized carbons (Fsp3) is 0.536. The van der Waals surface area contributed by atoms with Crippen LogP contribution in [0, 0.1) is 6.92 Å². The lowest BCUT2D eigenvalue weighted by Crippen LogP contribution is -2.46. The molecule has 182 valence electrons. The first-order valence-electron chi connectivity index (χ1n) is 12.8. The fourth-order valence-electron chi connectivity index (χ4n) is 5.70. The number of amides is 1. The third-order valence-electron chi connectivity index (χ3n) is 8.01. The zero-order valence-electron chi connectivity index (χ0n) is 20.9. The summed E-state index contributed by atoms with van der Waals surface area (Å²) in [6.45, 7) is 9.92. The Balaban J connectivity index is 1.31. The maximum Gasteiger partial charge on any atom is 0.253 e. The number of rotatable bonds is 4. The molecule has 2 heterocycles. The summed E-state index contributed by atoms with van der Waals surface area (Å²) in [6.07, 6.45) is 3.00. The van der Waals surface area contributed by atoms with Crippen molar-refractivity contribution < 1.29 is 9.53 Å². The van der Waals surface area contributed by atoms with Gasteiger partial charge in [0.1, 0.15) is 0 Å².